The van der Waals surface area contributed by atoms with E-state index in [0.717, 1.165) is 47.7 Å². The zero-order valence-corrected chi connectivity index (χ0v) is 22.9. The van der Waals surface area contributed by atoms with Gasteiger partial charge in [0.2, 0.25) is 5.91 Å². The van der Waals surface area contributed by atoms with E-state index in [1.807, 2.05) is 39.1 Å². The highest BCUT2D eigenvalue weighted by Crippen LogP contribution is 2.24. The van der Waals surface area contributed by atoms with Crippen LogP contribution < -0.4 is 10.7 Å². The number of cyclic esters (lactones) is 1. The van der Waals surface area contributed by atoms with Gasteiger partial charge >= 0.3 is 5.97 Å². The second-order valence-corrected chi connectivity index (χ2v) is 10.8. The van der Waals surface area contributed by atoms with Gasteiger partial charge in [-0.3, -0.25) is 24.4 Å². The lowest BCUT2D eigenvalue weighted by atomic mass is 10.0. The van der Waals surface area contributed by atoms with Crippen LogP contribution in [0.2, 0.25) is 0 Å². The van der Waals surface area contributed by atoms with Gasteiger partial charge in [-0.05, 0) is 75.0 Å². The van der Waals surface area contributed by atoms with Crippen LogP contribution in [0.3, 0.4) is 0 Å². The summed E-state index contributed by atoms with van der Waals surface area (Å²) >= 11 is 0. The Bertz CT molecular complexity index is 1150. The maximum absolute atomic E-state index is 13.1. The first-order chi connectivity index (χ1) is 18.2. The number of benzene rings is 1. The van der Waals surface area contributed by atoms with Crippen LogP contribution >= 0.6 is 0 Å². The fourth-order valence-electron chi connectivity index (χ4n) is 4.99. The summed E-state index contributed by atoms with van der Waals surface area (Å²) in [5, 5.41) is 6.33. The molecule has 1 saturated heterocycles. The lowest BCUT2D eigenvalue weighted by molar-refractivity contribution is -0.157. The summed E-state index contributed by atoms with van der Waals surface area (Å²) in [4.78, 5) is 43.7. The number of rotatable bonds is 1. The quantitative estimate of drug-likeness (QED) is 0.549. The van der Waals surface area contributed by atoms with Crippen LogP contribution in [0.4, 0.5) is 0 Å². The Morgan fingerprint density at radius 2 is 1.84 bits per heavy atom. The van der Waals surface area contributed by atoms with Gasteiger partial charge in [-0.25, -0.2) is 5.43 Å². The number of fused-ring (bicyclic) bond motifs is 4. The summed E-state index contributed by atoms with van der Waals surface area (Å²) in [5.41, 5.74) is 4.95. The Morgan fingerprint density at radius 1 is 1.03 bits per heavy atom. The number of hydrogen-bond donors (Lipinski definition) is 2. The van der Waals surface area contributed by atoms with E-state index in [0.29, 0.717) is 26.0 Å². The van der Waals surface area contributed by atoms with Crippen molar-refractivity contribution < 1.29 is 23.9 Å². The fraction of sp³-hybridized carbons (Fsp3) is 0.586. The van der Waals surface area contributed by atoms with Crippen LogP contribution in [0.25, 0.3) is 10.8 Å². The van der Waals surface area contributed by atoms with E-state index in [1.165, 1.54) is 5.01 Å². The van der Waals surface area contributed by atoms with E-state index in [-0.39, 0.29) is 17.7 Å². The molecule has 1 aromatic heterocycles. The molecule has 1 aromatic carbocycles. The lowest BCUT2D eigenvalue weighted by Gasteiger charge is -2.35. The summed E-state index contributed by atoms with van der Waals surface area (Å²) in [6, 6.07) is 6.71. The van der Waals surface area contributed by atoms with Crippen molar-refractivity contribution in [3.63, 3.8) is 0 Å². The van der Waals surface area contributed by atoms with Gasteiger partial charge in [0.1, 0.15) is 24.3 Å². The van der Waals surface area contributed by atoms with Gasteiger partial charge in [0, 0.05) is 30.4 Å². The van der Waals surface area contributed by atoms with E-state index in [4.69, 9.17) is 9.47 Å². The highest BCUT2D eigenvalue weighted by atomic mass is 16.5. The molecule has 0 spiro atoms. The molecule has 2 aromatic rings. The summed E-state index contributed by atoms with van der Waals surface area (Å²) < 4.78 is 11.8. The van der Waals surface area contributed by atoms with E-state index < -0.39 is 30.3 Å². The minimum absolute atomic E-state index is 0.0382. The van der Waals surface area contributed by atoms with Crippen molar-refractivity contribution in [2.75, 3.05) is 13.2 Å². The number of hydrazine groups is 1. The summed E-state index contributed by atoms with van der Waals surface area (Å²) in [5.74, 6) is -1.04. The largest absolute Gasteiger partial charge is 0.457 e. The molecule has 38 heavy (non-hydrogen) atoms. The van der Waals surface area contributed by atoms with Gasteiger partial charge < -0.3 is 14.8 Å². The average Bonchev–Trinajstić information content (AvgIpc) is 2.90. The third-order valence-corrected chi connectivity index (χ3v) is 7.27. The first-order valence-corrected chi connectivity index (χ1v) is 13.8. The predicted octanol–water partition coefficient (Wildman–Crippen LogP) is 3.61. The van der Waals surface area contributed by atoms with Gasteiger partial charge in [-0.1, -0.05) is 32.4 Å². The average molecular weight is 525 g/mol. The normalized spacial score (nSPS) is 26.7. The number of amides is 2. The van der Waals surface area contributed by atoms with Crippen molar-refractivity contribution in [1.82, 2.24) is 20.7 Å². The molecule has 9 nitrogen and oxygen atoms in total. The number of nitrogens with zero attached hydrogens (tertiary/aromatic N) is 2. The molecule has 2 aliphatic rings. The van der Waals surface area contributed by atoms with Gasteiger partial charge in [0.05, 0.1) is 0 Å². The monoisotopic (exact) mass is 524 g/mol. The Hall–Kier alpha value is -3.04. The first-order valence-electron chi connectivity index (χ1n) is 13.8. The standard InChI is InChI=1S/C29H40N4O5/c1-18(2)26-27(34)31-19(3)28(35)33-13-8-10-25(32-33)29(36)38-20(4)21-11-12-22-17-30-24(16-23(22)15-21)9-6-5-7-14-37-26/h11-12,15-20,25-26,32H,5-10,13-14H2,1-4H3,(H,31,34)/t19-,20+,25-,26?/m0/s1. The molecule has 5 bridgehead atoms. The van der Waals surface area contributed by atoms with E-state index >= 15 is 0 Å². The third kappa shape index (κ3) is 6.88. The molecule has 4 rings (SSSR count). The molecule has 0 aliphatic carbocycles. The van der Waals surface area contributed by atoms with E-state index in [9.17, 15) is 14.4 Å². The van der Waals surface area contributed by atoms with Crippen molar-refractivity contribution >= 4 is 28.6 Å². The maximum atomic E-state index is 13.1. The Labute approximate surface area is 224 Å². The number of nitrogens with one attached hydrogen (secondary N) is 2. The number of aryl methyl sites for hydroxylation is 1. The summed E-state index contributed by atoms with van der Waals surface area (Å²) in [6.07, 6.45) is 5.62. The molecule has 2 aliphatic heterocycles. The molecule has 2 N–H and O–H groups in total. The van der Waals surface area contributed by atoms with E-state index in [1.54, 1.807) is 6.92 Å². The number of ether oxygens (including phenoxy) is 2. The van der Waals surface area contributed by atoms with Crippen LogP contribution in [0.1, 0.15) is 77.2 Å². The van der Waals surface area contributed by atoms with Crippen LogP contribution in [0.15, 0.2) is 30.5 Å². The fourth-order valence-corrected chi connectivity index (χ4v) is 4.99. The maximum Gasteiger partial charge on any atom is 0.325 e. The lowest BCUT2D eigenvalue weighted by Crippen LogP contribution is -2.60. The number of pyridine rings is 1. The molecule has 0 saturated carbocycles. The molecule has 1 fully saturated rings. The van der Waals surface area contributed by atoms with E-state index in [2.05, 4.69) is 27.9 Å². The van der Waals surface area contributed by atoms with Crippen LogP contribution in [-0.4, -0.2) is 59.1 Å². The van der Waals surface area contributed by atoms with Gasteiger partial charge in [0.25, 0.3) is 5.91 Å². The molecule has 2 amide bonds. The molecule has 9 heteroatoms. The van der Waals surface area contributed by atoms with Crippen molar-refractivity contribution in [2.24, 2.45) is 5.92 Å². The van der Waals surface area contributed by atoms with Gasteiger partial charge in [-0.15, -0.1) is 0 Å². The van der Waals surface area contributed by atoms with Gasteiger partial charge in [-0.2, -0.15) is 0 Å². The van der Waals surface area contributed by atoms with Crippen LogP contribution in [0.5, 0.6) is 0 Å². The van der Waals surface area contributed by atoms with Gasteiger partial charge in [0.15, 0.2) is 0 Å². The SMILES string of the molecule is CC(C)C1OCCCCCc2cc3cc(ccc3cn2)[C@@H](C)OC(=O)[C@@H]2CCCN(N2)C(=O)[C@H](C)NC1=O. The molecule has 3 heterocycles. The minimum atomic E-state index is -0.764. The van der Waals surface area contributed by atoms with Crippen molar-refractivity contribution in [1.29, 1.82) is 0 Å². The number of hydrogen-bond acceptors (Lipinski definition) is 7. The minimum Gasteiger partial charge on any atom is -0.457 e. The molecular formula is C29H40N4O5. The highest BCUT2D eigenvalue weighted by molar-refractivity contribution is 5.89. The predicted molar refractivity (Wildman–Crippen MR) is 144 cm³/mol. The first kappa shape index (κ1) is 28.0. The second kappa shape index (κ2) is 12.7. The summed E-state index contributed by atoms with van der Waals surface area (Å²) in [7, 11) is 0. The highest BCUT2D eigenvalue weighted by Gasteiger charge is 2.33. The molecule has 1 unspecified atom stereocenters. The van der Waals surface area contributed by atoms with Crippen LogP contribution in [0, 0.1) is 5.92 Å². The number of carbonyl (C=O) groups is 3. The molecule has 206 valence electrons. The van der Waals surface area contributed by atoms with Crippen molar-refractivity contribution in [2.45, 2.75) is 90.5 Å². The Morgan fingerprint density at radius 3 is 2.63 bits per heavy atom. The molecule has 4 atom stereocenters. The Balaban J connectivity index is 1.55. The van der Waals surface area contributed by atoms with Crippen LogP contribution in [-0.2, 0) is 30.3 Å². The number of esters is 1. The molecule has 0 radical (unpaired) electrons. The third-order valence-electron chi connectivity index (χ3n) is 7.27. The van der Waals surface area contributed by atoms with Crippen molar-refractivity contribution in [3.8, 4) is 0 Å². The summed E-state index contributed by atoms with van der Waals surface area (Å²) in [6.45, 7) is 8.30. The topological polar surface area (TPSA) is 110 Å². The Kier molecular flexibility index (Phi) is 9.33. The number of aromatic nitrogens is 1. The molecular weight excluding hydrogens is 484 g/mol. The number of carbonyl (C=O) groups excluding carboxylic acids is 3. The zero-order chi connectivity index (χ0) is 27.2. The smallest absolute Gasteiger partial charge is 0.325 e. The zero-order valence-electron chi connectivity index (χ0n) is 22.9. The second-order valence-electron chi connectivity index (χ2n) is 10.8. The van der Waals surface area contributed by atoms with Crippen molar-refractivity contribution in [3.05, 3.63) is 41.7 Å².